The smallest absolute Gasteiger partial charge is 0.271 e. The number of hydrogen-bond acceptors (Lipinski definition) is 2. The zero-order valence-electron chi connectivity index (χ0n) is 17.4. The molecule has 3 saturated heterocycles. The van der Waals surface area contributed by atoms with Crippen LogP contribution in [0.4, 0.5) is 0 Å². The van der Waals surface area contributed by atoms with Gasteiger partial charge >= 0.3 is 0 Å². The highest BCUT2D eigenvalue weighted by Crippen LogP contribution is 2.45. The quantitative estimate of drug-likeness (QED) is 0.684. The van der Waals surface area contributed by atoms with Crippen LogP contribution in [0.15, 0.2) is 42.0 Å². The van der Waals surface area contributed by atoms with Crippen LogP contribution in [0.5, 0.6) is 0 Å². The van der Waals surface area contributed by atoms with E-state index in [2.05, 4.69) is 50.8 Å². The first-order chi connectivity index (χ1) is 14.2. The summed E-state index contributed by atoms with van der Waals surface area (Å²) in [6, 6.07) is 11.5. The zero-order chi connectivity index (χ0) is 19.5. The van der Waals surface area contributed by atoms with Gasteiger partial charge in [-0.25, -0.2) is 0 Å². The lowest BCUT2D eigenvalue weighted by molar-refractivity contribution is 0.00123. The molecule has 2 unspecified atom stereocenters. The van der Waals surface area contributed by atoms with Gasteiger partial charge in [0.2, 0.25) is 0 Å². The van der Waals surface area contributed by atoms with Crippen LogP contribution in [-0.4, -0.2) is 52.0 Å². The molecule has 2 bridgehead atoms. The first kappa shape index (κ1) is 17.8. The van der Waals surface area contributed by atoms with Crippen molar-refractivity contribution in [1.29, 1.82) is 0 Å². The molecular weight excluding hydrogens is 358 g/mol. The van der Waals surface area contributed by atoms with Gasteiger partial charge in [-0.2, -0.15) is 0 Å². The van der Waals surface area contributed by atoms with Gasteiger partial charge in [0.25, 0.3) is 5.91 Å². The second-order valence-corrected chi connectivity index (χ2v) is 9.65. The third-order valence-electron chi connectivity index (χ3n) is 8.09. The Bertz CT molecular complexity index is 989. The lowest BCUT2D eigenvalue weighted by atomic mass is 9.68. The summed E-state index contributed by atoms with van der Waals surface area (Å²) >= 11 is 0. The molecule has 0 N–H and O–H groups in total. The predicted octanol–water partition coefficient (Wildman–Crippen LogP) is 4.21. The maximum atomic E-state index is 13.8. The summed E-state index contributed by atoms with van der Waals surface area (Å²) in [5, 5.41) is 1.16. The molecule has 3 fully saturated rings. The highest BCUT2D eigenvalue weighted by molar-refractivity contribution is 5.99. The van der Waals surface area contributed by atoms with E-state index in [0.29, 0.717) is 17.9 Å². The Balaban J connectivity index is 1.36. The number of amides is 1. The number of fused-ring (bicyclic) bond motifs is 7. The van der Waals surface area contributed by atoms with Crippen LogP contribution in [-0.2, 0) is 7.05 Å². The Kier molecular flexibility index (Phi) is 4.12. The van der Waals surface area contributed by atoms with E-state index in [4.69, 9.17) is 0 Å². The molecule has 4 heteroatoms. The fourth-order valence-corrected chi connectivity index (χ4v) is 6.84. The van der Waals surface area contributed by atoms with Gasteiger partial charge in [0, 0.05) is 37.1 Å². The minimum absolute atomic E-state index is 0.221. The summed E-state index contributed by atoms with van der Waals surface area (Å²) in [6.45, 7) is 3.33. The van der Waals surface area contributed by atoms with E-state index in [1.807, 2.05) is 7.05 Å². The SMILES string of the molecule is Cn1c(C(=O)N2CCCC3=CC4CC(CN5CCCC[C@H]45)[C@@H]32)cc2ccccc21. The van der Waals surface area contributed by atoms with Crippen molar-refractivity contribution in [2.24, 2.45) is 18.9 Å². The van der Waals surface area contributed by atoms with Gasteiger partial charge in [0.1, 0.15) is 5.69 Å². The number of rotatable bonds is 1. The normalized spacial score (nSPS) is 31.9. The number of piperidine rings is 3. The van der Waals surface area contributed by atoms with E-state index < -0.39 is 0 Å². The largest absolute Gasteiger partial charge is 0.340 e. The lowest BCUT2D eigenvalue weighted by Crippen LogP contribution is -2.60. The number of para-hydroxylation sites is 1. The number of likely N-dealkylation sites (tertiary alicyclic amines) is 1. The molecule has 6 rings (SSSR count). The molecule has 0 saturated carbocycles. The van der Waals surface area contributed by atoms with Crippen molar-refractivity contribution in [3.05, 3.63) is 47.7 Å². The molecule has 1 aliphatic carbocycles. The van der Waals surface area contributed by atoms with Crippen molar-refractivity contribution in [3.63, 3.8) is 0 Å². The molecule has 4 aliphatic rings. The first-order valence-corrected chi connectivity index (χ1v) is 11.5. The van der Waals surface area contributed by atoms with Crippen LogP contribution in [0, 0.1) is 11.8 Å². The van der Waals surface area contributed by atoms with Gasteiger partial charge in [-0.1, -0.05) is 36.3 Å². The Morgan fingerprint density at radius 3 is 2.90 bits per heavy atom. The van der Waals surface area contributed by atoms with Gasteiger partial charge in [-0.15, -0.1) is 0 Å². The van der Waals surface area contributed by atoms with E-state index >= 15 is 0 Å². The van der Waals surface area contributed by atoms with E-state index in [1.165, 1.54) is 45.2 Å². The Morgan fingerprint density at radius 1 is 1.10 bits per heavy atom. The Hall–Kier alpha value is -2.07. The van der Waals surface area contributed by atoms with Crippen LogP contribution < -0.4 is 0 Å². The molecule has 4 atom stereocenters. The Morgan fingerprint density at radius 2 is 2.00 bits per heavy atom. The number of hydrogen-bond donors (Lipinski definition) is 0. The molecule has 0 spiro atoms. The molecular formula is C25H31N3O. The summed E-state index contributed by atoms with van der Waals surface area (Å²) in [7, 11) is 2.03. The molecule has 4 heterocycles. The molecule has 152 valence electrons. The monoisotopic (exact) mass is 389 g/mol. The third-order valence-corrected chi connectivity index (χ3v) is 8.09. The number of aryl methyl sites for hydroxylation is 1. The predicted molar refractivity (Wildman–Crippen MR) is 116 cm³/mol. The van der Waals surface area contributed by atoms with Gasteiger partial charge in [-0.3, -0.25) is 9.69 Å². The van der Waals surface area contributed by atoms with Crippen LogP contribution in [0.2, 0.25) is 0 Å². The first-order valence-electron chi connectivity index (χ1n) is 11.5. The fraction of sp³-hybridized carbons (Fsp3) is 0.560. The zero-order valence-corrected chi connectivity index (χ0v) is 17.4. The second-order valence-electron chi connectivity index (χ2n) is 9.65. The van der Waals surface area contributed by atoms with Crippen molar-refractivity contribution < 1.29 is 4.79 Å². The topological polar surface area (TPSA) is 28.5 Å². The van der Waals surface area contributed by atoms with Gasteiger partial charge in [0.05, 0.1) is 6.04 Å². The average molecular weight is 390 g/mol. The van der Waals surface area contributed by atoms with E-state index in [0.717, 1.165) is 35.6 Å². The molecule has 3 aliphatic heterocycles. The van der Waals surface area contributed by atoms with Gasteiger partial charge in [0.15, 0.2) is 0 Å². The highest BCUT2D eigenvalue weighted by Gasteiger charge is 2.47. The molecule has 1 amide bonds. The standard InChI is InChI=1S/C25H31N3O/c1-26-21-9-3-2-7-17(21)15-23(26)25(29)28-12-6-8-18-13-19-14-20(24(18)28)16-27-11-5-4-10-22(19)27/h2-3,7,9,13,15,19-20,22,24H,4-6,8,10-12,14,16H2,1H3/t19?,20?,22-,24-/m1/s1. The third kappa shape index (κ3) is 2.72. The molecule has 1 aromatic carbocycles. The molecule has 2 aromatic rings. The van der Waals surface area contributed by atoms with Crippen LogP contribution >= 0.6 is 0 Å². The van der Waals surface area contributed by atoms with E-state index in [-0.39, 0.29) is 5.91 Å². The van der Waals surface area contributed by atoms with Crippen molar-refractivity contribution in [2.45, 2.75) is 50.6 Å². The second kappa shape index (κ2) is 6.73. The fourth-order valence-electron chi connectivity index (χ4n) is 6.84. The summed E-state index contributed by atoms with van der Waals surface area (Å²) in [5.74, 6) is 1.54. The van der Waals surface area contributed by atoms with Crippen molar-refractivity contribution in [1.82, 2.24) is 14.4 Å². The minimum atomic E-state index is 0.221. The maximum absolute atomic E-state index is 13.8. The van der Waals surface area contributed by atoms with Crippen molar-refractivity contribution >= 4 is 16.8 Å². The lowest BCUT2D eigenvalue weighted by Gasteiger charge is -2.54. The van der Waals surface area contributed by atoms with Gasteiger partial charge in [-0.05, 0) is 62.6 Å². The number of carbonyl (C=O) groups excluding carboxylic acids is 1. The van der Waals surface area contributed by atoms with Crippen LogP contribution in [0.25, 0.3) is 10.9 Å². The van der Waals surface area contributed by atoms with Crippen molar-refractivity contribution in [3.8, 4) is 0 Å². The summed E-state index contributed by atoms with van der Waals surface area (Å²) in [6.07, 6.45) is 10.3. The molecule has 4 nitrogen and oxygen atoms in total. The number of nitrogens with zero attached hydrogens (tertiary/aromatic N) is 3. The summed E-state index contributed by atoms with van der Waals surface area (Å²) < 4.78 is 2.09. The van der Waals surface area contributed by atoms with E-state index in [1.54, 1.807) is 5.57 Å². The molecule has 29 heavy (non-hydrogen) atoms. The van der Waals surface area contributed by atoms with Gasteiger partial charge < -0.3 is 9.47 Å². The average Bonchev–Trinajstić information content (AvgIpc) is 3.10. The highest BCUT2D eigenvalue weighted by atomic mass is 16.2. The maximum Gasteiger partial charge on any atom is 0.271 e. The number of benzene rings is 1. The number of carbonyl (C=O) groups is 1. The minimum Gasteiger partial charge on any atom is -0.340 e. The molecule has 1 aromatic heterocycles. The van der Waals surface area contributed by atoms with Crippen molar-refractivity contribution in [2.75, 3.05) is 19.6 Å². The van der Waals surface area contributed by atoms with Crippen LogP contribution in [0.3, 0.4) is 0 Å². The summed E-state index contributed by atoms with van der Waals surface area (Å²) in [4.78, 5) is 18.7. The van der Waals surface area contributed by atoms with E-state index in [9.17, 15) is 4.79 Å². The number of aromatic nitrogens is 1. The summed E-state index contributed by atoms with van der Waals surface area (Å²) in [5.41, 5.74) is 3.54. The molecule has 0 radical (unpaired) electrons. The Labute approximate surface area is 173 Å². The van der Waals surface area contributed by atoms with Crippen LogP contribution in [0.1, 0.15) is 49.0 Å².